The maximum absolute atomic E-state index is 12.1. The highest BCUT2D eigenvalue weighted by atomic mass is 79.9. The van der Waals surface area contributed by atoms with Crippen LogP contribution in [0.25, 0.3) is 0 Å². The molecule has 3 rings (SSSR count). The molecule has 2 aromatic carbocycles. The number of ether oxygens (including phenoxy) is 1. The highest BCUT2D eigenvalue weighted by Crippen LogP contribution is 2.30. The number of carbonyl (C=O) groups excluding carboxylic acids is 1. The highest BCUT2D eigenvalue weighted by molar-refractivity contribution is 8.93. The van der Waals surface area contributed by atoms with Crippen molar-refractivity contribution in [2.24, 2.45) is 4.99 Å². The van der Waals surface area contributed by atoms with Crippen LogP contribution in [0.2, 0.25) is 0 Å². The minimum absolute atomic E-state index is 0. The van der Waals surface area contributed by atoms with Gasteiger partial charge in [-0.3, -0.25) is 4.79 Å². The van der Waals surface area contributed by atoms with Gasteiger partial charge in [0.1, 0.15) is 11.4 Å². The monoisotopic (exact) mass is 421 g/mol. The normalized spacial score (nSPS) is 17.7. The maximum Gasteiger partial charge on any atom is 0.239 e. The quantitative estimate of drug-likeness (QED) is 0.739. The molecule has 5 nitrogen and oxygen atoms in total. The van der Waals surface area contributed by atoms with Crippen molar-refractivity contribution in [3.8, 4) is 5.75 Å². The zero-order chi connectivity index (χ0) is 16.8. The van der Waals surface area contributed by atoms with Crippen LogP contribution in [0.1, 0.15) is 6.42 Å². The first kappa shape index (κ1) is 19.3. The number of amidine groups is 1. The van der Waals surface area contributed by atoms with Gasteiger partial charge in [0, 0.05) is 12.2 Å². The lowest BCUT2D eigenvalue weighted by Crippen LogP contribution is -2.26. The standard InChI is InChI=1S/C18H19N3O2S.BrH/c1-23-15-10-6-5-9-14(15)20-18-21-17(22)16(24-18)11-12-19-13-7-3-2-4-8-13;/h2-10,16,19H,11-12H2,1H3,(H,20,21,22);1H. The van der Waals surface area contributed by atoms with Crippen molar-refractivity contribution in [3.05, 3.63) is 54.6 Å². The summed E-state index contributed by atoms with van der Waals surface area (Å²) in [4.78, 5) is 16.6. The largest absolute Gasteiger partial charge is 0.494 e. The topological polar surface area (TPSA) is 62.7 Å². The van der Waals surface area contributed by atoms with E-state index in [4.69, 9.17) is 4.74 Å². The maximum atomic E-state index is 12.1. The fourth-order valence-corrected chi connectivity index (χ4v) is 3.36. The number of anilines is 1. The summed E-state index contributed by atoms with van der Waals surface area (Å²) >= 11 is 1.46. The molecule has 0 saturated carbocycles. The minimum Gasteiger partial charge on any atom is -0.494 e. The Hall–Kier alpha value is -1.99. The van der Waals surface area contributed by atoms with E-state index in [1.807, 2.05) is 54.6 Å². The molecular weight excluding hydrogens is 402 g/mol. The number of carbonyl (C=O) groups is 1. The Labute approximate surface area is 162 Å². The molecule has 7 heteroatoms. The van der Waals surface area contributed by atoms with Crippen molar-refractivity contribution in [2.75, 3.05) is 19.0 Å². The molecule has 132 valence electrons. The van der Waals surface area contributed by atoms with Gasteiger partial charge < -0.3 is 15.4 Å². The molecule has 2 aromatic rings. The van der Waals surface area contributed by atoms with Crippen LogP contribution >= 0.6 is 28.7 Å². The van der Waals surface area contributed by atoms with Crippen molar-refractivity contribution in [3.63, 3.8) is 0 Å². The van der Waals surface area contributed by atoms with Crippen molar-refractivity contribution in [2.45, 2.75) is 11.7 Å². The SMILES string of the molecule is Br.COc1ccccc1N=C1NC(=O)C(CCNc2ccccc2)S1. The van der Waals surface area contributed by atoms with Gasteiger partial charge in [-0.25, -0.2) is 4.99 Å². The third-order valence-corrected chi connectivity index (χ3v) is 4.74. The molecule has 0 bridgehead atoms. The van der Waals surface area contributed by atoms with Crippen LogP contribution in [0.15, 0.2) is 59.6 Å². The third-order valence-electron chi connectivity index (χ3n) is 3.59. The van der Waals surface area contributed by atoms with Crippen LogP contribution in [0.5, 0.6) is 5.75 Å². The van der Waals surface area contributed by atoms with E-state index in [0.717, 1.165) is 18.7 Å². The number of rotatable bonds is 6. The smallest absolute Gasteiger partial charge is 0.239 e. The summed E-state index contributed by atoms with van der Waals surface area (Å²) in [6.07, 6.45) is 0.732. The molecule has 1 heterocycles. The molecule has 1 aliphatic heterocycles. The van der Waals surface area contributed by atoms with Crippen LogP contribution in [0.3, 0.4) is 0 Å². The Morgan fingerprint density at radius 2 is 1.88 bits per heavy atom. The minimum atomic E-state index is -0.130. The van der Waals surface area contributed by atoms with E-state index >= 15 is 0 Å². The second kappa shape index (κ2) is 9.48. The summed E-state index contributed by atoms with van der Waals surface area (Å²) in [5.41, 5.74) is 1.77. The lowest BCUT2D eigenvalue weighted by molar-refractivity contribution is -0.118. The van der Waals surface area contributed by atoms with E-state index in [1.54, 1.807) is 7.11 Å². The Morgan fingerprint density at radius 1 is 1.16 bits per heavy atom. The molecule has 0 radical (unpaired) electrons. The van der Waals surface area contributed by atoms with Crippen molar-refractivity contribution >= 4 is 51.2 Å². The first-order chi connectivity index (χ1) is 11.8. The molecule has 0 aromatic heterocycles. The number of benzene rings is 2. The fourth-order valence-electron chi connectivity index (χ4n) is 2.38. The number of methoxy groups -OCH3 is 1. The Bertz CT molecular complexity index is 740. The van der Waals surface area contributed by atoms with Crippen LogP contribution in [-0.2, 0) is 4.79 Å². The van der Waals surface area contributed by atoms with Gasteiger partial charge in [-0.2, -0.15) is 0 Å². The highest BCUT2D eigenvalue weighted by Gasteiger charge is 2.29. The van der Waals surface area contributed by atoms with Gasteiger partial charge in [-0.1, -0.05) is 42.1 Å². The first-order valence-corrected chi connectivity index (χ1v) is 8.62. The number of halogens is 1. The summed E-state index contributed by atoms with van der Waals surface area (Å²) in [5.74, 6) is 0.692. The molecule has 1 fully saturated rings. The third kappa shape index (κ3) is 5.24. The molecule has 0 aliphatic carbocycles. The number of nitrogens with zero attached hydrogens (tertiary/aromatic N) is 1. The van der Waals surface area contributed by atoms with E-state index < -0.39 is 0 Å². The molecule has 1 saturated heterocycles. The first-order valence-electron chi connectivity index (χ1n) is 7.74. The number of nitrogens with one attached hydrogen (secondary N) is 2. The Kier molecular flexibility index (Phi) is 7.33. The van der Waals surface area contributed by atoms with Gasteiger partial charge in [-0.05, 0) is 30.7 Å². The van der Waals surface area contributed by atoms with E-state index in [1.165, 1.54) is 11.8 Å². The molecule has 1 unspecified atom stereocenters. The average Bonchev–Trinajstić information content (AvgIpc) is 2.96. The zero-order valence-corrected chi connectivity index (χ0v) is 16.3. The van der Waals surface area contributed by atoms with E-state index in [0.29, 0.717) is 16.6 Å². The van der Waals surface area contributed by atoms with Gasteiger partial charge in [-0.15, -0.1) is 17.0 Å². The van der Waals surface area contributed by atoms with Gasteiger partial charge >= 0.3 is 0 Å². The number of aliphatic imine (C=N–C) groups is 1. The summed E-state index contributed by atoms with van der Waals surface area (Å²) in [5, 5.41) is 6.65. The van der Waals surface area contributed by atoms with Crippen molar-refractivity contribution in [1.29, 1.82) is 0 Å². The van der Waals surface area contributed by atoms with Crippen LogP contribution < -0.4 is 15.4 Å². The van der Waals surface area contributed by atoms with Gasteiger partial charge in [0.15, 0.2) is 5.17 Å². The summed E-state index contributed by atoms with van der Waals surface area (Å²) in [6, 6.07) is 17.5. The summed E-state index contributed by atoms with van der Waals surface area (Å²) < 4.78 is 5.28. The van der Waals surface area contributed by atoms with Crippen molar-refractivity contribution < 1.29 is 9.53 Å². The number of hydrogen-bond acceptors (Lipinski definition) is 5. The fraction of sp³-hybridized carbons (Fsp3) is 0.222. The average molecular weight is 422 g/mol. The number of thioether (sulfide) groups is 1. The van der Waals surface area contributed by atoms with Crippen LogP contribution in [0, 0.1) is 0 Å². The van der Waals surface area contributed by atoms with Crippen LogP contribution in [-0.4, -0.2) is 30.0 Å². The zero-order valence-electron chi connectivity index (χ0n) is 13.8. The van der Waals surface area contributed by atoms with Crippen LogP contribution in [0.4, 0.5) is 11.4 Å². The Balaban J connectivity index is 0.00000225. The predicted octanol–water partition coefficient (Wildman–Crippen LogP) is 3.99. The molecular formula is C18H20BrN3O2S. The predicted molar refractivity (Wildman–Crippen MR) is 109 cm³/mol. The molecule has 25 heavy (non-hydrogen) atoms. The summed E-state index contributed by atoms with van der Waals surface area (Å²) in [7, 11) is 1.61. The van der Waals surface area contributed by atoms with E-state index in [9.17, 15) is 4.79 Å². The van der Waals surface area contributed by atoms with E-state index in [2.05, 4.69) is 15.6 Å². The summed E-state index contributed by atoms with van der Waals surface area (Å²) in [6.45, 7) is 0.733. The van der Waals surface area contributed by atoms with Crippen molar-refractivity contribution in [1.82, 2.24) is 5.32 Å². The lowest BCUT2D eigenvalue weighted by atomic mass is 10.2. The molecule has 2 N–H and O–H groups in total. The second-order valence-corrected chi connectivity index (χ2v) is 6.46. The van der Waals surface area contributed by atoms with E-state index in [-0.39, 0.29) is 28.1 Å². The number of para-hydroxylation sites is 3. The van der Waals surface area contributed by atoms with Gasteiger partial charge in [0.25, 0.3) is 0 Å². The molecule has 1 atom stereocenters. The number of hydrogen-bond donors (Lipinski definition) is 2. The molecule has 1 aliphatic rings. The molecule has 1 amide bonds. The lowest BCUT2D eigenvalue weighted by Gasteiger charge is -2.08. The van der Waals surface area contributed by atoms with Gasteiger partial charge in [0.2, 0.25) is 5.91 Å². The molecule has 0 spiro atoms. The Morgan fingerprint density at radius 3 is 2.64 bits per heavy atom. The number of amides is 1. The van der Waals surface area contributed by atoms with Gasteiger partial charge in [0.05, 0.1) is 12.4 Å². The second-order valence-electron chi connectivity index (χ2n) is 5.27.